The lowest BCUT2D eigenvalue weighted by Gasteiger charge is -2.16. The predicted molar refractivity (Wildman–Crippen MR) is 89.1 cm³/mol. The Morgan fingerprint density at radius 2 is 2.11 bits per heavy atom. The van der Waals surface area contributed by atoms with E-state index >= 15 is 0 Å². The molecule has 0 aliphatic rings. The molecule has 0 aromatic carbocycles. The molecule has 0 aliphatic heterocycles. The summed E-state index contributed by atoms with van der Waals surface area (Å²) >= 11 is 5.75. The lowest BCUT2D eigenvalue weighted by atomic mass is 10.1. The van der Waals surface area contributed by atoms with Gasteiger partial charge in [0.1, 0.15) is 0 Å². The van der Waals surface area contributed by atoms with Crippen molar-refractivity contribution < 1.29 is 0 Å². The number of aryl methyl sites for hydroxylation is 2. The lowest BCUT2D eigenvalue weighted by molar-refractivity contribution is 0.554. The van der Waals surface area contributed by atoms with Gasteiger partial charge in [-0.15, -0.1) is 0 Å². The van der Waals surface area contributed by atoms with Crippen molar-refractivity contribution in [3.63, 3.8) is 0 Å². The molecule has 1 atom stereocenters. The second-order valence-electron chi connectivity index (χ2n) is 4.64. The first-order valence-corrected chi connectivity index (χ1v) is 9.11. The highest BCUT2D eigenvalue weighted by Crippen LogP contribution is 2.24. The summed E-state index contributed by atoms with van der Waals surface area (Å²) in [5, 5.41) is 8.10. The quantitative estimate of drug-likeness (QED) is 0.693. The van der Waals surface area contributed by atoms with Gasteiger partial charge in [-0.25, -0.2) is 0 Å². The van der Waals surface area contributed by atoms with Crippen molar-refractivity contribution in [2.45, 2.75) is 52.6 Å². The van der Waals surface area contributed by atoms with E-state index in [0.29, 0.717) is 6.04 Å². The Bertz CT molecular complexity index is 379. The van der Waals surface area contributed by atoms with E-state index in [2.05, 4.69) is 58.8 Å². The zero-order chi connectivity index (χ0) is 14.3. The highest BCUT2D eigenvalue weighted by atomic mass is 79.9. The third kappa shape index (κ3) is 4.80. The molecule has 1 rings (SSSR count). The molecule has 1 N–H and O–H groups in total. The molecule has 0 radical (unpaired) electrons. The second kappa shape index (κ2) is 9.03. The minimum atomic E-state index is 0.513. The molecule has 110 valence electrons. The molecule has 1 aromatic heterocycles. The minimum Gasteiger partial charge on any atom is -0.316 e. The average molecular weight is 348 g/mol. The van der Waals surface area contributed by atoms with Crippen LogP contribution in [-0.2, 0) is 19.4 Å². The molecule has 0 spiro atoms. The number of halogens is 1. The summed E-state index contributed by atoms with van der Waals surface area (Å²) in [4.78, 5) is 0. The Hall–Kier alpha value is -0.0000000000000000763. The van der Waals surface area contributed by atoms with E-state index in [4.69, 9.17) is 0 Å². The van der Waals surface area contributed by atoms with E-state index in [0.717, 1.165) is 25.1 Å². The van der Waals surface area contributed by atoms with Gasteiger partial charge in [-0.05, 0) is 48.5 Å². The van der Waals surface area contributed by atoms with Crippen LogP contribution in [0.3, 0.4) is 0 Å². The van der Waals surface area contributed by atoms with Gasteiger partial charge in [0.15, 0.2) is 0 Å². The van der Waals surface area contributed by atoms with E-state index in [-0.39, 0.29) is 0 Å². The van der Waals surface area contributed by atoms with Crippen LogP contribution < -0.4 is 5.32 Å². The van der Waals surface area contributed by atoms with E-state index in [9.17, 15) is 0 Å². The summed E-state index contributed by atoms with van der Waals surface area (Å²) in [6.45, 7) is 7.48. The first-order chi connectivity index (χ1) is 9.17. The highest BCUT2D eigenvalue weighted by Gasteiger charge is 2.17. The first kappa shape index (κ1) is 17.1. The number of nitrogens with one attached hydrogen (secondary N) is 1. The van der Waals surface area contributed by atoms with Crippen molar-refractivity contribution in [2.24, 2.45) is 0 Å². The summed E-state index contributed by atoms with van der Waals surface area (Å²) in [5.74, 6) is 2.40. The van der Waals surface area contributed by atoms with Gasteiger partial charge >= 0.3 is 0 Å². The number of hydrogen-bond donors (Lipinski definition) is 1. The van der Waals surface area contributed by atoms with Crippen LogP contribution in [0.5, 0.6) is 0 Å². The maximum absolute atomic E-state index is 4.67. The number of likely N-dealkylation sites (N-methyl/N-ethyl adjacent to an activating group) is 1. The van der Waals surface area contributed by atoms with E-state index in [1.54, 1.807) is 0 Å². The number of hydrogen-bond acceptors (Lipinski definition) is 3. The molecule has 19 heavy (non-hydrogen) atoms. The molecule has 1 unspecified atom stereocenters. The lowest BCUT2D eigenvalue weighted by Crippen LogP contribution is -2.31. The van der Waals surface area contributed by atoms with Gasteiger partial charge in [0, 0.05) is 24.8 Å². The fourth-order valence-corrected chi connectivity index (χ4v) is 3.81. The summed E-state index contributed by atoms with van der Waals surface area (Å²) in [7, 11) is 2.05. The van der Waals surface area contributed by atoms with Crippen LogP contribution in [0.1, 0.15) is 38.6 Å². The summed E-state index contributed by atoms with van der Waals surface area (Å²) in [6.07, 6.45) is 3.27. The average Bonchev–Trinajstić information content (AvgIpc) is 2.74. The minimum absolute atomic E-state index is 0.513. The molecule has 0 aliphatic carbocycles. The summed E-state index contributed by atoms with van der Waals surface area (Å²) < 4.78 is 3.34. The maximum Gasteiger partial charge on any atom is 0.0766 e. The molecule has 0 fully saturated rings. The van der Waals surface area contributed by atoms with Gasteiger partial charge in [0.2, 0.25) is 0 Å². The van der Waals surface area contributed by atoms with Gasteiger partial charge in [0.05, 0.1) is 15.9 Å². The number of aromatic nitrogens is 2. The molecule has 0 saturated heterocycles. The molecule has 1 heterocycles. The molecule has 0 amide bonds. The third-order valence-electron chi connectivity index (χ3n) is 3.21. The molecular formula is C14H26BrN3S. The fraction of sp³-hybridized carbons (Fsp3) is 0.786. The van der Waals surface area contributed by atoms with Crippen LogP contribution in [0, 0.1) is 0 Å². The summed E-state index contributed by atoms with van der Waals surface area (Å²) in [6, 6.07) is 0.513. The van der Waals surface area contributed by atoms with Crippen LogP contribution in [0.25, 0.3) is 0 Å². The van der Waals surface area contributed by atoms with Gasteiger partial charge in [-0.1, -0.05) is 13.8 Å². The highest BCUT2D eigenvalue weighted by molar-refractivity contribution is 9.10. The van der Waals surface area contributed by atoms with Crippen LogP contribution in [0.15, 0.2) is 4.47 Å². The molecule has 1 aromatic rings. The zero-order valence-corrected chi connectivity index (χ0v) is 14.9. The standard InChI is InChI=1S/C14H26BrN3S/c1-5-8-19-10-11(16-4)9-13-14(15)12(6-2)17-18(13)7-3/h11,16H,5-10H2,1-4H3. The molecule has 0 saturated carbocycles. The maximum atomic E-state index is 4.67. The van der Waals surface area contributed by atoms with E-state index in [1.165, 1.54) is 28.0 Å². The Morgan fingerprint density at radius 3 is 2.63 bits per heavy atom. The summed E-state index contributed by atoms with van der Waals surface area (Å²) in [5.41, 5.74) is 2.50. The molecular weight excluding hydrogens is 322 g/mol. The van der Waals surface area contributed by atoms with Crippen LogP contribution in [-0.4, -0.2) is 34.4 Å². The van der Waals surface area contributed by atoms with Gasteiger partial charge in [-0.2, -0.15) is 16.9 Å². The van der Waals surface area contributed by atoms with Gasteiger partial charge in [-0.3, -0.25) is 4.68 Å². The monoisotopic (exact) mass is 347 g/mol. The Balaban J connectivity index is 2.75. The number of rotatable bonds is 9. The molecule has 3 nitrogen and oxygen atoms in total. The van der Waals surface area contributed by atoms with E-state index < -0.39 is 0 Å². The van der Waals surface area contributed by atoms with Crippen molar-refractivity contribution in [3.8, 4) is 0 Å². The molecule has 0 bridgehead atoms. The Labute approximate surface area is 130 Å². The number of nitrogens with zero attached hydrogens (tertiary/aromatic N) is 2. The topological polar surface area (TPSA) is 29.9 Å². The fourth-order valence-electron chi connectivity index (χ4n) is 2.06. The SMILES string of the molecule is CCCSCC(Cc1c(Br)c(CC)nn1CC)NC. The largest absolute Gasteiger partial charge is 0.316 e. The smallest absolute Gasteiger partial charge is 0.0766 e. The second-order valence-corrected chi connectivity index (χ2v) is 6.58. The van der Waals surface area contributed by atoms with Gasteiger partial charge in [0.25, 0.3) is 0 Å². The normalized spacial score (nSPS) is 12.9. The molecule has 5 heteroatoms. The zero-order valence-electron chi connectivity index (χ0n) is 12.5. The van der Waals surface area contributed by atoms with Crippen molar-refractivity contribution in [3.05, 3.63) is 15.9 Å². The third-order valence-corrected chi connectivity index (χ3v) is 5.46. The van der Waals surface area contributed by atoms with Crippen LogP contribution in [0.4, 0.5) is 0 Å². The predicted octanol–water partition coefficient (Wildman–Crippen LogP) is 3.50. The van der Waals surface area contributed by atoms with E-state index in [1.807, 2.05) is 11.8 Å². The van der Waals surface area contributed by atoms with Crippen molar-refractivity contribution in [1.29, 1.82) is 0 Å². The number of thioether (sulfide) groups is 1. The van der Waals surface area contributed by atoms with Crippen molar-refractivity contribution in [1.82, 2.24) is 15.1 Å². The van der Waals surface area contributed by atoms with Crippen LogP contribution >= 0.6 is 27.7 Å². The van der Waals surface area contributed by atoms with Gasteiger partial charge < -0.3 is 5.32 Å². The Kier molecular flexibility index (Phi) is 8.11. The first-order valence-electron chi connectivity index (χ1n) is 7.16. The van der Waals surface area contributed by atoms with Crippen molar-refractivity contribution in [2.75, 3.05) is 18.6 Å². The van der Waals surface area contributed by atoms with Crippen molar-refractivity contribution >= 4 is 27.7 Å². The Morgan fingerprint density at radius 1 is 1.37 bits per heavy atom. The van der Waals surface area contributed by atoms with Crippen LogP contribution in [0.2, 0.25) is 0 Å².